The molecule has 6 nitrogen and oxygen atoms in total. The third kappa shape index (κ3) is 5.58. The number of carbonyl (C=O) groups is 3. The topological polar surface area (TPSA) is 70.6 Å². The lowest BCUT2D eigenvalue weighted by Gasteiger charge is -2.32. The Labute approximate surface area is 237 Å². The molecule has 1 aromatic heterocycles. The molecule has 0 aliphatic carbocycles. The van der Waals surface area contributed by atoms with Gasteiger partial charge >= 0.3 is 0 Å². The number of pyridine rings is 1. The van der Waals surface area contributed by atoms with Crippen LogP contribution in [0.4, 0.5) is 0 Å². The fraction of sp³-hybridized carbons (Fsp3) is 0.412. The highest BCUT2D eigenvalue weighted by atomic mass is 16.2. The molecule has 1 atom stereocenters. The quantitative estimate of drug-likeness (QED) is 0.338. The zero-order chi connectivity index (χ0) is 28.6. The van der Waals surface area contributed by atoms with E-state index in [1.165, 1.54) is 5.56 Å². The van der Waals surface area contributed by atoms with Gasteiger partial charge in [-0.2, -0.15) is 0 Å². The van der Waals surface area contributed by atoms with Crippen LogP contribution in [-0.4, -0.2) is 52.5 Å². The lowest BCUT2D eigenvalue weighted by molar-refractivity contribution is 0.0711. The molecule has 2 aliphatic heterocycles. The summed E-state index contributed by atoms with van der Waals surface area (Å²) in [5, 5.41) is 0. The molecule has 208 valence electrons. The van der Waals surface area contributed by atoms with Crippen LogP contribution in [0, 0.1) is 12.8 Å². The SMILES string of the molecule is Cc1ccc(C(=O)N2CCC(c3ccc4c(c3)C(C)N(C)C4=O)CC2)cc1CC(=O)c1ccc(CC(C)C)nc1. The summed E-state index contributed by atoms with van der Waals surface area (Å²) in [5.74, 6) is 0.995. The van der Waals surface area contributed by atoms with Crippen molar-refractivity contribution >= 4 is 17.6 Å². The second kappa shape index (κ2) is 11.4. The van der Waals surface area contributed by atoms with Gasteiger partial charge in [0.2, 0.25) is 0 Å². The molecule has 2 aromatic carbocycles. The van der Waals surface area contributed by atoms with Gasteiger partial charge in [-0.05, 0) is 97.5 Å². The van der Waals surface area contributed by atoms with Crippen LogP contribution in [0.1, 0.15) is 105 Å². The van der Waals surface area contributed by atoms with Gasteiger partial charge in [0.15, 0.2) is 5.78 Å². The van der Waals surface area contributed by atoms with E-state index in [9.17, 15) is 14.4 Å². The van der Waals surface area contributed by atoms with Gasteiger partial charge in [0, 0.05) is 55.1 Å². The van der Waals surface area contributed by atoms with E-state index in [1.54, 1.807) is 11.1 Å². The van der Waals surface area contributed by atoms with Crippen molar-refractivity contribution in [3.63, 3.8) is 0 Å². The number of nitrogens with zero attached hydrogens (tertiary/aromatic N) is 3. The largest absolute Gasteiger partial charge is 0.339 e. The minimum atomic E-state index is 0.00803. The molecule has 6 heteroatoms. The number of aryl methyl sites for hydroxylation is 1. The average Bonchev–Trinajstić information content (AvgIpc) is 3.17. The molecule has 2 aliphatic rings. The third-order valence-electron chi connectivity index (χ3n) is 8.62. The number of fused-ring (bicyclic) bond motifs is 1. The van der Waals surface area contributed by atoms with Crippen molar-refractivity contribution in [1.82, 2.24) is 14.8 Å². The first kappa shape index (κ1) is 27.8. The van der Waals surface area contributed by atoms with Gasteiger partial charge in [0.25, 0.3) is 11.8 Å². The zero-order valence-electron chi connectivity index (χ0n) is 24.2. The normalized spacial score (nSPS) is 17.4. The first-order chi connectivity index (χ1) is 19.1. The molecule has 3 aromatic rings. The van der Waals surface area contributed by atoms with Crippen molar-refractivity contribution in [1.29, 1.82) is 0 Å². The van der Waals surface area contributed by atoms with Crippen LogP contribution in [0.5, 0.6) is 0 Å². The molecule has 40 heavy (non-hydrogen) atoms. The highest BCUT2D eigenvalue weighted by Gasteiger charge is 2.32. The number of hydrogen-bond donors (Lipinski definition) is 0. The molecule has 0 radical (unpaired) electrons. The van der Waals surface area contributed by atoms with Crippen molar-refractivity contribution in [3.8, 4) is 0 Å². The highest BCUT2D eigenvalue weighted by Crippen LogP contribution is 2.36. The van der Waals surface area contributed by atoms with E-state index in [1.807, 2.05) is 55.3 Å². The van der Waals surface area contributed by atoms with Crippen molar-refractivity contribution in [2.45, 2.75) is 65.3 Å². The zero-order valence-corrected chi connectivity index (χ0v) is 24.2. The Morgan fingerprint density at radius 2 is 1.73 bits per heavy atom. The first-order valence-corrected chi connectivity index (χ1v) is 14.4. The van der Waals surface area contributed by atoms with Crippen molar-refractivity contribution in [2.24, 2.45) is 5.92 Å². The number of Topliss-reactive ketones (excluding diaryl/α,β-unsaturated/α-hetero) is 1. The molecule has 3 heterocycles. The van der Waals surface area contributed by atoms with Crippen LogP contribution in [0.3, 0.4) is 0 Å². The van der Waals surface area contributed by atoms with Gasteiger partial charge in [-0.25, -0.2) is 0 Å². The number of piperidine rings is 1. The summed E-state index contributed by atoms with van der Waals surface area (Å²) in [7, 11) is 1.85. The minimum absolute atomic E-state index is 0.00803. The maximum absolute atomic E-state index is 13.4. The van der Waals surface area contributed by atoms with Crippen LogP contribution >= 0.6 is 0 Å². The van der Waals surface area contributed by atoms with Crippen LogP contribution in [0.25, 0.3) is 0 Å². The van der Waals surface area contributed by atoms with E-state index in [0.717, 1.165) is 47.2 Å². The fourth-order valence-electron chi connectivity index (χ4n) is 5.95. The summed E-state index contributed by atoms with van der Waals surface area (Å²) in [6, 6.07) is 15.8. The van der Waals surface area contributed by atoms with Crippen LogP contribution in [-0.2, 0) is 12.8 Å². The second-order valence-electron chi connectivity index (χ2n) is 11.9. The summed E-state index contributed by atoms with van der Waals surface area (Å²) in [6.07, 6.45) is 4.58. The number of likely N-dealkylation sites (tertiary alicyclic amines) is 1. The molecule has 5 rings (SSSR count). The summed E-state index contributed by atoms with van der Waals surface area (Å²) in [5.41, 5.74) is 7.27. The Kier molecular flexibility index (Phi) is 7.88. The van der Waals surface area contributed by atoms with Crippen LogP contribution in [0.2, 0.25) is 0 Å². The number of ketones is 1. The standard InChI is InChI=1S/C34H39N3O3/c1-21(2)16-29-10-8-27(20-35-29)32(38)19-28-17-26(7-6-22(28)3)33(39)37-14-12-24(13-15-37)25-9-11-30-31(18-25)23(4)36(5)34(30)40/h6-11,17-18,20-21,23-24H,12-16,19H2,1-5H3. The maximum atomic E-state index is 13.4. The molecule has 0 spiro atoms. The van der Waals surface area contributed by atoms with E-state index in [4.69, 9.17) is 0 Å². The van der Waals surface area contributed by atoms with Crippen LogP contribution < -0.4 is 0 Å². The number of amides is 2. The number of rotatable bonds is 7. The van der Waals surface area contributed by atoms with Crippen LogP contribution in [0.15, 0.2) is 54.7 Å². The highest BCUT2D eigenvalue weighted by molar-refractivity contribution is 5.99. The Hall–Kier alpha value is -3.80. The van der Waals surface area contributed by atoms with E-state index in [-0.39, 0.29) is 30.1 Å². The molecular formula is C34H39N3O3. The monoisotopic (exact) mass is 537 g/mol. The number of aromatic nitrogens is 1. The van der Waals surface area contributed by atoms with Gasteiger partial charge in [0.05, 0.1) is 6.04 Å². The number of hydrogen-bond acceptors (Lipinski definition) is 4. The first-order valence-electron chi connectivity index (χ1n) is 14.4. The average molecular weight is 538 g/mol. The van der Waals surface area contributed by atoms with Crippen molar-refractivity contribution < 1.29 is 14.4 Å². The fourth-order valence-corrected chi connectivity index (χ4v) is 5.95. The summed E-state index contributed by atoms with van der Waals surface area (Å²) in [6.45, 7) is 9.72. The summed E-state index contributed by atoms with van der Waals surface area (Å²) < 4.78 is 0. The Balaban J connectivity index is 1.22. The van der Waals surface area contributed by atoms with Gasteiger partial charge in [-0.15, -0.1) is 0 Å². The predicted molar refractivity (Wildman–Crippen MR) is 157 cm³/mol. The molecule has 1 fully saturated rings. The molecule has 1 saturated heterocycles. The Morgan fingerprint density at radius 3 is 2.40 bits per heavy atom. The maximum Gasteiger partial charge on any atom is 0.254 e. The predicted octanol–water partition coefficient (Wildman–Crippen LogP) is 6.18. The van der Waals surface area contributed by atoms with Gasteiger partial charge in [0.1, 0.15) is 0 Å². The Morgan fingerprint density at radius 1 is 1.00 bits per heavy atom. The Bertz CT molecular complexity index is 1440. The van der Waals surface area contributed by atoms with E-state index < -0.39 is 0 Å². The van der Waals surface area contributed by atoms with E-state index in [2.05, 4.69) is 37.9 Å². The third-order valence-corrected chi connectivity index (χ3v) is 8.62. The minimum Gasteiger partial charge on any atom is -0.339 e. The molecule has 2 amide bonds. The smallest absolute Gasteiger partial charge is 0.254 e. The molecule has 0 bridgehead atoms. The van der Waals surface area contributed by atoms with Gasteiger partial charge < -0.3 is 9.80 Å². The summed E-state index contributed by atoms with van der Waals surface area (Å²) >= 11 is 0. The molecule has 1 unspecified atom stereocenters. The van der Waals surface area contributed by atoms with Gasteiger partial charge in [-0.3, -0.25) is 19.4 Å². The molecule has 0 saturated carbocycles. The summed E-state index contributed by atoms with van der Waals surface area (Å²) in [4.78, 5) is 47.1. The molecular weight excluding hydrogens is 498 g/mol. The van der Waals surface area contributed by atoms with E-state index in [0.29, 0.717) is 36.1 Å². The van der Waals surface area contributed by atoms with Crippen molar-refractivity contribution in [2.75, 3.05) is 20.1 Å². The lowest BCUT2D eigenvalue weighted by atomic mass is 9.87. The van der Waals surface area contributed by atoms with Crippen molar-refractivity contribution in [3.05, 3.63) is 99.4 Å². The van der Waals surface area contributed by atoms with E-state index >= 15 is 0 Å². The molecule has 0 N–H and O–H groups in total. The number of benzene rings is 2. The second-order valence-corrected chi connectivity index (χ2v) is 11.9. The lowest BCUT2D eigenvalue weighted by Crippen LogP contribution is -2.38. The van der Waals surface area contributed by atoms with Gasteiger partial charge in [-0.1, -0.05) is 32.0 Å². The number of carbonyl (C=O) groups excluding carboxylic acids is 3.